The summed E-state index contributed by atoms with van der Waals surface area (Å²) in [6.07, 6.45) is 9.21. The Morgan fingerprint density at radius 1 is 1.15 bits per heavy atom. The third kappa shape index (κ3) is 3.59. The Kier molecular flexibility index (Phi) is 5.76. The maximum absolute atomic E-state index is 12.1. The van der Waals surface area contributed by atoms with E-state index < -0.39 is 12.1 Å². The van der Waals surface area contributed by atoms with Crippen molar-refractivity contribution in [3.63, 3.8) is 0 Å². The number of hydrogen-bond donors (Lipinski definition) is 2. The zero-order valence-corrected chi connectivity index (χ0v) is 20.2. The lowest BCUT2D eigenvalue weighted by Gasteiger charge is -2.62. The zero-order chi connectivity index (χ0) is 23.5. The molecular weight excluding hydrogens is 418 g/mol. The first-order chi connectivity index (χ1) is 15.6. The Balaban J connectivity index is 1.36. The number of aliphatic hydroxyl groups excluding tert-OH is 1. The van der Waals surface area contributed by atoms with Crippen molar-refractivity contribution in [3.05, 3.63) is 34.4 Å². The van der Waals surface area contributed by atoms with Crippen LogP contribution in [0.1, 0.15) is 83.6 Å². The molecule has 33 heavy (non-hydrogen) atoms. The second-order valence-electron chi connectivity index (χ2n) is 11.9. The smallest absolute Gasteiger partial charge is 0.335 e. The van der Waals surface area contributed by atoms with Crippen molar-refractivity contribution in [2.24, 2.45) is 40.2 Å². The summed E-state index contributed by atoms with van der Waals surface area (Å²) >= 11 is 0. The highest BCUT2D eigenvalue weighted by Crippen LogP contribution is 2.69. The minimum atomic E-state index is -0.629. The average molecular weight is 458 g/mol. The quantitative estimate of drug-likeness (QED) is 0.665. The van der Waals surface area contributed by atoms with Gasteiger partial charge >= 0.3 is 11.6 Å². The fraction of sp³-hybridized carbons (Fsp3) is 0.778. The van der Waals surface area contributed by atoms with E-state index in [0.717, 1.165) is 37.7 Å². The molecule has 0 bridgehead atoms. The number of esters is 1. The van der Waals surface area contributed by atoms with E-state index in [1.165, 1.54) is 12.8 Å². The van der Waals surface area contributed by atoms with Gasteiger partial charge in [-0.05, 0) is 104 Å². The Morgan fingerprint density at radius 3 is 2.64 bits per heavy atom. The van der Waals surface area contributed by atoms with E-state index in [9.17, 15) is 14.7 Å². The summed E-state index contributed by atoms with van der Waals surface area (Å²) in [7, 11) is 0. The van der Waals surface area contributed by atoms with Crippen LogP contribution in [0.5, 0.6) is 0 Å². The second-order valence-corrected chi connectivity index (χ2v) is 11.9. The molecule has 0 aromatic carbocycles. The molecule has 0 spiro atoms. The van der Waals surface area contributed by atoms with Crippen molar-refractivity contribution in [2.75, 3.05) is 0 Å². The van der Waals surface area contributed by atoms with Gasteiger partial charge in [-0.2, -0.15) is 0 Å². The highest BCUT2D eigenvalue weighted by molar-refractivity contribution is 5.75. The standard InChI is InChI=1S/C27H39NO5/c1-15(28)25(31)33-18-12-17-5-6-19-21-8-7-20(16-4-9-24(30)32-14-16)26(21,2)11-10-22(19)27(17,3)23(29)13-18/h4,9,14-15,17-23,29H,5-8,10-13,28H2,1-3H3. The average Bonchev–Trinajstić information content (AvgIpc) is 3.12. The number of carbonyl (C=O) groups excluding carboxylic acids is 1. The third-order valence-electron chi connectivity index (χ3n) is 10.5. The summed E-state index contributed by atoms with van der Waals surface area (Å²) in [5.74, 6) is 2.18. The maximum atomic E-state index is 12.1. The Morgan fingerprint density at radius 2 is 1.94 bits per heavy atom. The molecule has 4 aliphatic carbocycles. The molecule has 182 valence electrons. The number of ether oxygens (including phenoxy) is 1. The summed E-state index contributed by atoms with van der Waals surface area (Å²) in [6.45, 7) is 6.41. The van der Waals surface area contributed by atoms with Gasteiger partial charge in [0.2, 0.25) is 0 Å². The topological polar surface area (TPSA) is 103 Å². The molecule has 1 heterocycles. The van der Waals surface area contributed by atoms with Gasteiger partial charge in [0.25, 0.3) is 0 Å². The number of aliphatic hydroxyl groups is 1. The van der Waals surface area contributed by atoms with Crippen LogP contribution in [-0.2, 0) is 9.53 Å². The molecular formula is C27H39NO5. The second kappa shape index (κ2) is 8.23. The van der Waals surface area contributed by atoms with Crippen LogP contribution in [0, 0.1) is 34.5 Å². The van der Waals surface area contributed by atoms with Gasteiger partial charge in [0.15, 0.2) is 0 Å². The van der Waals surface area contributed by atoms with Crippen LogP contribution in [0.15, 0.2) is 27.6 Å². The summed E-state index contributed by atoms with van der Waals surface area (Å²) in [5.41, 5.74) is 6.65. The molecule has 1 aromatic heterocycles. The molecule has 4 fully saturated rings. The molecule has 4 saturated carbocycles. The van der Waals surface area contributed by atoms with Gasteiger partial charge in [0.1, 0.15) is 12.1 Å². The van der Waals surface area contributed by atoms with Crippen LogP contribution >= 0.6 is 0 Å². The number of rotatable bonds is 3. The summed E-state index contributed by atoms with van der Waals surface area (Å²) < 4.78 is 10.9. The van der Waals surface area contributed by atoms with Crippen molar-refractivity contribution in [1.82, 2.24) is 0 Å². The lowest BCUT2D eigenvalue weighted by Crippen LogP contribution is -2.59. The Bertz CT molecular complexity index is 938. The number of fused-ring (bicyclic) bond motifs is 5. The van der Waals surface area contributed by atoms with Crippen LogP contribution in [0.4, 0.5) is 0 Å². The van der Waals surface area contributed by atoms with E-state index in [1.54, 1.807) is 19.3 Å². The van der Waals surface area contributed by atoms with E-state index in [4.69, 9.17) is 14.9 Å². The van der Waals surface area contributed by atoms with E-state index in [1.807, 2.05) is 6.07 Å². The Labute approximate surface area is 196 Å². The van der Waals surface area contributed by atoms with Gasteiger partial charge in [-0.3, -0.25) is 4.79 Å². The van der Waals surface area contributed by atoms with Crippen LogP contribution in [0.3, 0.4) is 0 Å². The number of carbonyl (C=O) groups is 1. The molecule has 10 unspecified atom stereocenters. The van der Waals surface area contributed by atoms with Crippen molar-refractivity contribution in [2.45, 2.75) is 96.3 Å². The van der Waals surface area contributed by atoms with E-state index in [0.29, 0.717) is 36.0 Å². The molecule has 1 aromatic rings. The summed E-state index contributed by atoms with van der Waals surface area (Å²) in [6, 6.07) is 2.88. The lowest BCUT2D eigenvalue weighted by atomic mass is 9.44. The molecule has 0 amide bonds. The van der Waals surface area contributed by atoms with Crippen LogP contribution < -0.4 is 11.4 Å². The zero-order valence-electron chi connectivity index (χ0n) is 20.2. The Hall–Kier alpha value is -1.66. The van der Waals surface area contributed by atoms with Crippen LogP contribution in [0.25, 0.3) is 0 Å². The first-order valence-electron chi connectivity index (χ1n) is 12.9. The minimum Gasteiger partial charge on any atom is -0.461 e. The van der Waals surface area contributed by atoms with E-state index in [2.05, 4.69) is 13.8 Å². The SMILES string of the molecule is CC(N)C(=O)OC1CC(O)C2(C)C(CCC3C4CCC(c5ccc(=O)oc5)C4(C)CCC32)C1. The normalized spacial score (nSPS) is 45.4. The van der Waals surface area contributed by atoms with Crippen molar-refractivity contribution >= 4 is 5.97 Å². The largest absolute Gasteiger partial charge is 0.461 e. The third-order valence-corrected chi connectivity index (χ3v) is 10.5. The predicted octanol–water partition coefficient (Wildman–Crippen LogP) is 4.00. The molecule has 0 saturated heterocycles. The van der Waals surface area contributed by atoms with Gasteiger partial charge < -0.3 is 20.0 Å². The molecule has 0 radical (unpaired) electrons. The van der Waals surface area contributed by atoms with Gasteiger partial charge in [0, 0.05) is 12.5 Å². The molecule has 6 nitrogen and oxygen atoms in total. The number of hydrogen-bond acceptors (Lipinski definition) is 6. The van der Waals surface area contributed by atoms with E-state index >= 15 is 0 Å². The maximum Gasteiger partial charge on any atom is 0.335 e. The first-order valence-corrected chi connectivity index (χ1v) is 12.9. The van der Waals surface area contributed by atoms with Gasteiger partial charge in [-0.1, -0.05) is 13.8 Å². The van der Waals surface area contributed by atoms with Gasteiger partial charge in [-0.15, -0.1) is 0 Å². The van der Waals surface area contributed by atoms with E-state index in [-0.39, 0.29) is 28.5 Å². The van der Waals surface area contributed by atoms with Gasteiger partial charge in [-0.25, -0.2) is 4.79 Å². The monoisotopic (exact) mass is 457 g/mol. The summed E-state index contributed by atoms with van der Waals surface area (Å²) in [4.78, 5) is 23.5. The highest BCUT2D eigenvalue weighted by Gasteiger charge is 2.62. The summed E-state index contributed by atoms with van der Waals surface area (Å²) in [5, 5.41) is 11.4. The van der Waals surface area contributed by atoms with Crippen molar-refractivity contribution in [1.29, 1.82) is 0 Å². The van der Waals surface area contributed by atoms with Crippen molar-refractivity contribution < 1.29 is 19.1 Å². The molecule has 3 N–H and O–H groups in total. The number of nitrogens with two attached hydrogens (primary N) is 1. The van der Waals surface area contributed by atoms with Gasteiger partial charge in [0.05, 0.1) is 12.4 Å². The molecule has 4 aliphatic rings. The molecule has 6 heteroatoms. The highest BCUT2D eigenvalue weighted by atomic mass is 16.5. The fourth-order valence-corrected chi connectivity index (χ4v) is 8.76. The predicted molar refractivity (Wildman–Crippen MR) is 124 cm³/mol. The molecule has 0 aliphatic heterocycles. The van der Waals surface area contributed by atoms with Crippen LogP contribution in [-0.4, -0.2) is 29.3 Å². The lowest BCUT2D eigenvalue weighted by molar-refractivity contribution is -0.191. The fourth-order valence-electron chi connectivity index (χ4n) is 8.76. The molecule has 5 rings (SSSR count). The minimum absolute atomic E-state index is 0.126. The van der Waals surface area contributed by atoms with Crippen LogP contribution in [0.2, 0.25) is 0 Å². The van der Waals surface area contributed by atoms with Crippen molar-refractivity contribution in [3.8, 4) is 0 Å². The first kappa shape index (κ1) is 23.1. The molecule has 10 atom stereocenters.